The second-order valence-corrected chi connectivity index (χ2v) is 7.82. The molecule has 1 saturated carbocycles. The predicted octanol–water partition coefficient (Wildman–Crippen LogP) is 4.25. The number of amides is 1. The molecule has 1 aliphatic carbocycles. The van der Waals surface area contributed by atoms with Gasteiger partial charge in [0.15, 0.2) is 18.1 Å². The second-order valence-electron chi connectivity index (χ2n) is 7.82. The molecule has 5 nitrogen and oxygen atoms in total. The first-order valence-corrected chi connectivity index (χ1v) is 11.2. The minimum Gasteiger partial charge on any atom is -0.490 e. The van der Waals surface area contributed by atoms with Gasteiger partial charge in [0.1, 0.15) is 0 Å². The molecule has 1 aliphatic rings. The van der Waals surface area contributed by atoms with Crippen molar-refractivity contribution in [1.82, 2.24) is 10.6 Å². The van der Waals surface area contributed by atoms with Crippen LogP contribution in [0.2, 0.25) is 0 Å². The monoisotopic (exact) mass is 410 g/mol. The molecule has 0 radical (unpaired) electrons. The zero-order chi connectivity index (χ0) is 21.0. The summed E-state index contributed by atoms with van der Waals surface area (Å²) in [5.74, 6) is 1.24. The molecule has 0 saturated heterocycles. The van der Waals surface area contributed by atoms with Crippen molar-refractivity contribution < 1.29 is 14.3 Å². The highest BCUT2D eigenvalue weighted by atomic mass is 16.5. The lowest BCUT2D eigenvalue weighted by molar-refractivity contribution is -0.124. The topological polar surface area (TPSA) is 59.6 Å². The van der Waals surface area contributed by atoms with E-state index in [1.54, 1.807) is 0 Å². The van der Waals surface area contributed by atoms with E-state index in [-0.39, 0.29) is 12.5 Å². The SMILES string of the molecule is CCOc1cc(CNCCc2ccccc2)ccc1OCC(=O)NC1CCCCC1. The summed E-state index contributed by atoms with van der Waals surface area (Å²) in [6.07, 6.45) is 6.80. The van der Waals surface area contributed by atoms with Gasteiger partial charge in [0.25, 0.3) is 5.91 Å². The summed E-state index contributed by atoms with van der Waals surface area (Å²) in [5.41, 5.74) is 2.46. The van der Waals surface area contributed by atoms with Gasteiger partial charge in [0.05, 0.1) is 6.61 Å². The van der Waals surface area contributed by atoms with Gasteiger partial charge in [-0.05, 0) is 56.0 Å². The van der Waals surface area contributed by atoms with E-state index in [0.717, 1.165) is 37.9 Å². The van der Waals surface area contributed by atoms with Crippen LogP contribution < -0.4 is 20.1 Å². The molecule has 3 rings (SSSR count). The van der Waals surface area contributed by atoms with Crippen molar-refractivity contribution in [2.24, 2.45) is 0 Å². The molecule has 0 atom stereocenters. The zero-order valence-electron chi connectivity index (χ0n) is 18.0. The average Bonchev–Trinajstić information content (AvgIpc) is 2.78. The van der Waals surface area contributed by atoms with Crippen LogP contribution in [0.15, 0.2) is 48.5 Å². The molecule has 1 fully saturated rings. The molecule has 0 spiro atoms. The smallest absolute Gasteiger partial charge is 0.258 e. The Morgan fingerprint density at radius 1 is 0.967 bits per heavy atom. The van der Waals surface area contributed by atoms with E-state index in [4.69, 9.17) is 9.47 Å². The third-order valence-corrected chi connectivity index (χ3v) is 5.40. The van der Waals surface area contributed by atoms with E-state index >= 15 is 0 Å². The number of rotatable bonds is 11. The lowest BCUT2D eigenvalue weighted by atomic mass is 9.95. The normalized spacial score (nSPS) is 14.3. The fourth-order valence-corrected chi connectivity index (χ4v) is 3.82. The van der Waals surface area contributed by atoms with E-state index in [1.807, 2.05) is 31.2 Å². The molecule has 2 N–H and O–H groups in total. The van der Waals surface area contributed by atoms with Crippen LogP contribution in [0.4, 0.5) is 0 Å². The first-order valence-electron chi connectivity index (χ1n) is 11.2. The Kier molecular flexibility index (Phi) is 9.04. The third-order valence-electron chi connectivity index (χ3n) is 5.40. The van der Waals surface area contributed by atoms with E-state index in [2.05, 4.69) is 34.9 Å². The van der Waals surface area contributed by atoms with Crippen molar-refractivity contribution in [2.45, 2.75) is 58.0 Å². The van der Waals surface area contributed by atoms with Crippen molar-refractivity contribution in [3.05, 3.63) is 59.7 Å². The Hall–Kier alpha value is -2.53. The van der Waals surface area contributed by atoms with Crippen LogP contribution in [0.25, 0.3) is 0 Å². The molecule has 0 aliphatic heterocycles. The summed E-state index contributed by atoms with van der Waals surface area (Å²) in [5, 5.41) is 6.56. The number of nitrogens with one attached hydrogen (secondary N) is 2. The van der Waals surface area contributed by atoms with Crippen molar-refractivity contribution in [1.29, 1.82) is 0 Å². The lowest BCUT2D eigenvalue weighted by Gasteiger charge is -2.22. The van der Waals surface area contributed by atoms with Gasteiger partial charge in [-0.2, -0.15) is 0 Å². The molecule has 0 heterocycles. The van der Waals surface area contributed by atoms with Gasteiger partial charge in [-0.3, -0.25) is 4.79 Å². The van der Waals surface area contributed by atoms with E-state index < -0.39 is 0 Å². The zero-order valence-corrected chi connectivity index (χ0v) is 18.0. The fourth-order valence-electron chi connectivity index (χ4n) is 3.82. The van der Waals surface area contributed by atoms with Crippen LogP contribution >= 0.6 is 0 Å². The molecule has 1 amide bonds. The van der Waals surface area contributed by atoms with Gasteiger partial charge < -0.3 is 20.1 Å². The molecule has 0 bridgehead atoms. The largest absolute Gasteiger partial charge is 0.490 e. The van der Waals surface area contributed by atoms with E-state index in [1.165, 1.54) is 24.8 Å². The summed E-state index contributed by atoms with van der Waals surface area (Å²) < 4.78 is 11.5. The maximum atomic E-state index is 12.2. The molecule has 0 aromatic heterocycles. The highest BCUT2D eigenvalue weighted by molar-refractivity contribution is 5.78. The molecule has 162 valence electrons. The number of hydrogen-bond donors (Lipinski definition) is 2. The number of hydrogen-bond acceptors (Lipinski definition) is 4. The number of benzene rings is 2. The Balaban J connectivity index is 1.46. The molecule has 0 unspecified atom stereocenters. The van der Waals surface area contributed by atoms with Crippen molar-refractivity contribution in [3.63, 3.8) is 0 Å². The van der Waals surface area contributed by atoms with Gasteiger partial charge in [-0.25, -0.2) is 0 Å². The Morgan fingerprint density at radius 2 is 1.77 bits per heavy atom. The molecular formula is C25H34N2O3. The van der Waals surface area contributed by atoms with Gasteiger partial charge in [-0.15, -0.1) is 0 Å². The van der Waals surface area contributed by atoms with E-state index in [0.29, 0.717) is 24.1 Å². The highest BCUT2D eigenvalue weighted by Crippen LogP contribution is 2.28. The minimum absolute atomic E-state index is 0.0191. The highest BCUT2D eigenvalue weighted by Gasteiger charge is 2.16. The predicted molar refractivity (Wildman–Crippen MR) is 120 cm³/mol. The first kappa shape index (κ1) is 22.2. The van der Waals surface area contributed by atoms with Gasteiger partial charge in [-0.1, -0.05) is 55.7 Å². The maximum absolute atomic E-state index is 12.2. The summed E-state index contributed by atoms with van der Waals surface area (Å²) in [7, 11) is 0. The van der Waals surface area contributed by atoms with Crippen molar-refractivity contribution in [2.75, 3.05) is 19.8 Å². The molecule has 30 heavy (non-hydrogen) atoms. The minimum atomic E-state index is -0.0593. The van der Waals surface area contributed by atoms with Crippen LogP contribution in [-0.2, 0) is 17.8 Å². The summed E-state index contributed by atoms with van der Waals surface area (Å²) in [6, 6.07) is 16.7. The van der Waals surface area contributed by atoms with Gasteiger partial charge >= 0.3 is 0 Å². The average molecular weight is 411 g/mol. The standard InChI is InChI=1S/C25H34N2O3/c1-2-29-24-17-21(18-26-16-15-20-9-5-3-6-10-20)13-14-23(24)30-19-25(28)27-22-11-7-4-8-12-22/h3,5-6,9-10,13-14,17,22,26H,2,4,7-8,11-12,15-16,18-19H2,1H3,(H,27,28). The molecule has 2 aromatic carbocycles. The van der Waals surface area contributed by atoms with Crippen LogP contribution in [0.5, 0.6) is 11.5 Å². The molecule has 5 heteroatoms. The Bertz CT molecular complexity index is 773. The van der Waals surface area contributed by atoms with Crippen molar-refractivity contribution >= 4 is 5.91 Å². The number of carbonyl (C=O) groups is 1. The number of carbonyl (C=O) groups excluding carboxylic acids is 1. The molecular weight excluding hydrogens is 376 g/mol. The van der Waals surface area contributed by atoms with Gasteiger partial charge in [0.2, 0.25) is 0 Å². The van der Waals surface area contributed by atoms with Crippen LogP contribution in [0.3, 0.4) is 0 Å². The third kappa shape index (κ3) is 7.38. The second kappa shape index (κ2) is 12.2. The van der Waals surface area contributed by atoms with Crippen LogP contribution in [0.1, 0.15) is 50.2 Å². The molecule has 2 aromatic rings. The quantitative estimate of drug-likeness (QED) is 0.544. The first-order chi connectivity index (χ1) is 14.7. The Labute approximate surface area is 180 Å². The van der Waals surface area contributed by atoms with Gasteiger partial charge in [0, 0.05) is 12.6 Å². The summed E-state index contributed by atoms with van der Waals surface area (Å²) in [6.45, 7) is 4.19. The van der Waals surface area contributed by atoms with Crippen LogP contribution in [0, 0.1) is 0 Å². The van der Waals surface area contributed by atoms with E-state index in [9.17, 15) is 4.79 Å². The van der Waals surface area contributed by atoms with Crippen molar-refractivity contribution in [3.8, 4) is 11.5 Å². The van der Waals surface area contributed by atoms with Crippen LogP contribution in [-0.4, -0.2) is 31.7 Å². The maximum Gasteiger partial charge on any atom is 0.258 e. The number of ether oxygens (including phenoxy) is 2. The summed E-state index contributed by atoms with van der Waals surface area (Å²) >= 11 is 0. The fraction of sp³-hybridized carbons (Fsp3) is 0.480. The Morgan fingerprint density at radius 3 is 2.53 bits per heavy atom. The lowest BCUT2D eigenvalue weighted by Crippen LogP contribution is -2.39. The summed E-state index contributed by atoms with van der Waals surface area (Å²) in [4.78, 5) is 12.2.